The number of aromatic nitrogens is 1. The van der Waals surface area contributed by atoms with Crippen molar-refractivity contribution in [2.24, 2.45) is 0 Å². The molecule has 0 fully saturated rings. The Bertz CT molecular complexity index is 314. The van der Waals surface area contributed by atoms with Gasteiger partial charge in [0.15, 0.2) is 0 Å². The largest absolute Gasteiger partial charge is 0.396 e. The van der Waals surface area contributed by atoms with Gasteiger partial charge in [-0.05, 0) is 25.0 Å². The molecule has 0 aliphatic rings. The zero-order valence-corrected chi connectivity index (χ0v) is 9.52. The lowest BCUT2D eigenvalue weighted by Gasteiger charge is -2.15. The molecule has 1 unspecified atom stereocenters. The van der Waals surface area contributed by atoms with Crippen molar-refractivity contribution in [1.82, 2.24) is 10.3 Å². The number of nitrogens with zero attached hydrogens (tertiary/aromatic N) is 1. The maximum absolute atomic E-state index is 11.6. The lowest BCUT2D eigenvalue weighted by molar-refractivity contribution is -0.121. The van der Waals surface area contributed by atoms with Crippen LogP contribution in [-0.4, -0.2) is 28.6 Å². The number of rotatable bonds is 6. The van der Waals surface area contributed by atoms with E-state index in [1.165, 1.54) is 0 Å². The summed E-state index contributed by atoms with van der Waals surface area (Å²) >= 11 is 0. The molecule has 0 saturated heterocycles. The summed E-state index contributed by atoms with van der Waals surface area (Å²) in [5.74, 6) is -0.0426. The number of nitrogens with one attached hydrogen (secondary N) is 1. The van der Waals surface area contributed by atoms with Crippen LogP contribution in [0.2, 0.25) is 0 Å². The Morgan fingerprint density at radius 3 is 2.94 bits per heavy atom. The van der Waals surface area contributed by atoms with Crippen LogP contribution < -0.4 is 5.32 Å². The van der Waals surface area contributed by atoms with E-state index in [0.29, 0.717) is 12.8 Å². The number of hydrogen-bond acceptors (Lipinski definition) is 3. The molecule has 0 spiro atoms. The van der Waals surface area contributed by atoms with Gasteiger partial charge in [0, 0.05) is 24.5 Å². The minimum absolute atomic E-state index is 0.0426. The summed E-state index contributed by atoms with van der Waals surface area (Å²) in [6.07, 6.45) is 3.40. The molecule has 0 aromatic carbocycles. The molecule has 0 saturated carbocycles. The van der Waals surface area contributed by atoms with Crippen LogP contribution in [0, 0.1) is 0 Å². The Labute approximate surface area is 95.7 Å². The van der Waals surface area contributed by atoms with E-state index in [1.807, 2.05) is 25.1 Å². The predicted molar refractivity (Wildman–Crippen MR) is 61.9 cm³/mol. The van der Waals surface area contributed by atoms with Crippen molar-refractivity contribution < 1.29 is 9.90 Å². The van der Waals surface area contributed by atoms with Gasteiger partial charge in [0.2, 0.25) is 5.91 Å². The van der Waals surface area contributed by atoms with E-state index in [1.54, 1.807) is 6.20 Å². The zero-order valence-electron chi connectivity index (χ0n) is 9.52. The van der Waals surface area contributed by atoms with Gasteiger partial charge < -0.3 is 10.4 Å². The van der Waals surface area contributed by atoms with Crippen LogP contribution in [0.4, 0.5) is 0 Å². The highest BCUT2D eigenvalue weighted by Crippen LogP contribution is 1.99. The molecule has 1 heterocycles. The quantitative estimate of drug-likeness (QED) is 0.751. The monoisotopic (exact) mass is 222 g/mol. The summed E-state index contributed by atoms with van der Waals surface area (Å²) in [6, 6.07) is 5.57. The van der Waals surface area contributed by atoms with Crippen LogP contribution >= 0.6 is 0 Å². The molecule has 0 aliphatic carbocycles. The van der Waals surface area contributed by atoms with Crippen LogP contribution in [0.5, 0.6) is 0 Å². The zero-order chi connectivity index (χ0) is 11.8. The van der Waals surface area contributed by atoms with Crippen molar-refractivity contribution in [3.8, 4) is 0 Å². The van der Waals surface area contributed by atoms with Crippen LogP contribution in [0.3, 0.4) is 0 Å². The molecule has 1 amide bonds. The fraction of sp³-hybridized carbons (Fsp3) is 0.500. The molecule has 0 bridgehead atoms. The third kappa shape index (κ3) is 4.40. The molecule has 16 heavy (non-hydrogen) atoms. The topological polar surface area (TPSA) is 62.2 Å². The van der Waals surface area contributed by atoms with E-state index in [9.17, 15) is 4.79 Å². The number of carbonyl (C=O) groups is 1. The van der Waals surface area contributed by atoms with Crippen molar-refractivity contribution in [3.05, 3.63) is 30.1 Å². The number of carbonyl (C=O) groups excluding carboxylic acids is 1. The summed E-state index contributed by atoms with van der Waals surface area (Å²) in [5.41, 5.74) is 0.763. The van der Waals surface area contributed by atoms with Crippen LogP contribution in [0.25, 0.3) is 0 Å². The van der Waals surface area contributed by atoms with Crippen molar-refractivity contribution in [2.45, 2.75) is 32.2 Å². The number of aliphatic hydroxyl groups is 1. The third-order valence-electron chi connectivity index (χ3n) is 2.40. The Hall–Kier alpha value is -1.42. The van der Waals surface area contributed by atoms with Gasteiger partial charge >= 0.3 is 0 Å². The Morgan fingerprint density at radius 1 is 1.56 bits per heavy atom. The second-order valence-electron chi connectivity index (χ2n) is 3.68. The van der Waals surface area contributed by atoms with Crippen molar-refractivity contribution in [3.63, 3.8) is 0 Å². The molecule has 1 aromatic heterocycles. The van der Waals surface area contributed by atoms with E-state index in [-0.39, 0.29) is 18.6 Å². The van der Waals surface area contributed by atoms with Gasteiger partial charge in [0.05, 0.1) is 6.42 Å². The van der Waals surface area contributed by atoms with E-state index < -0.39 is 0 Å². The predicted octanol–water partition coefficient (Wildman–Crippen LogP) is 0.901. The van der Waals surface area contributed by atoms with E-state index in [4.69, 9.17) is 5.11 Å². The molecular weight excluding hydrogens is 204 g/mol. The average Bonchev–Trinajstić information content (AvgIpc) is 2.29. The summed E-state index contributed by atoms with van der Waals surface area (Å²) in [7, 11) is 0. The fourth-order valence-corrected chi connectivity index (χ4v) is 1.48. The molecule has 4 nitrogen and oxygen atoms in total. The molecule has 1 rings (SSSR count). The van der Waals surface area contributed by atoms with Crippen molar-refractivity contribution >= 4 is 5.91 Å². The van der Waals surface area contributed by atoms with Gasteiger partial charge in [0.25, 0.3) is 0 Å². The van der Waals surface area contributed by atoms with Crippen molar-refractivity contribution in [2.75, 3.05) is 6.61 Å². The number of hydrogen-bond donors (Lipinski definition) is 2. The first-order valence-electron chi connectivity index (χ1n) is 5.56. The van der Waals surface area contributed by atoms with Gasteiger partial charge in [0.1, 0.15) is 0 Å². The highest BCUT2D eigenvalue weighted by atomic mass is 16.3. The van der Waals surface area contributed by atoms with Crippen LogP contribution in [-0.2, 0) is 11.2 Å². The second kappa shape index (κ2) is 6.95. The molecule has 4 heteroatoms. The number of pyridine rings is 1. The minimum atomic E-state index is -0.0426. The number of aliphatic hydroxyl groups excluding tert-OH is 1. The van der Waals surface area contributed by atoms with Crippen LogP contribution in [0.1, 0.15) is 25.5 Å². The van der Waals surface area contributed by atoms with Gasteiger partial charge in [-0.15, -0.1) is 0 Å². The normalized spacial score (nSPS) is 12.1. The first-order chi connectivity index (χ1) is 7.76. The molecule has 1 aromatic rings. The highest BCUT2D eigenvalue weighted by Gasteiger charge is 2.10. The first-order valence-corrected chi connectivity index (χ1v) is 5.56. The third-order valence-corrected chi connectivity index (χ3v) is 2.40. The summed E-state index contributed by atoms with van der Waals surface area (Å²) in [4.78, 5) is 15.7. The molecule has 0 aliphatic heterocycles. The Balaban J connectivity index is 2.41. The molecule has 0 radical (unpaired) electrons. The van der Waals surface area contributed by atoms with Gasteiger partial charge in [-0.1, -0.05) is 13.0 Å². The van der Waals surface area contributed by atoms with E-state index in [0.717, 1.165) is 12.1 Å². The van der Waals surface area contributed by atoms with Gasteiger partial charge in [-0.25, -0.2) is 0 Å². The number of amides is 1. The van der Waals surface area contributed by atoms with E-state index >= 15 is 0 Å². The standard InChI is InChI=1S/C12H18N2O2/c1-2-10(6-8-15)14-12(16)9-11-5-3-4-7-13-11/h3-5,7,10,15H,2,6,8-9H2,1H3,(H,14,16). The molecular formula is C12H18N2O2. The summed E-state index contributed by atoms with van der Waals surface area (Å²) in [5, 5.41) is 11.7. The summed E-state index contributed by atoms with van der Waals surface area (Å²) < 4.78 is 0. The van der Waals surface area contributed by atoms with Gasteiger partial charge in [-0.3, -0.25) is 9.78 Å². The molecule has 1 atom stereocenters. The molecule has 88 valence electrons. The lowest BCUT2D eigenvalue weighted by atomic mass is 10.1. The summed E-state index contributed by atoms with van der Waals surface area (Å²) in [6.45, 7) is 2.09. The lowest BCUT2D eigenvalue weighted by Crippen LogP contribution is -2.36. The fourth-order valence-electron chi connectivity index (χ4n) is 1.48. The highest BCUT2D eigenvalue weighted by molar-refractivity contribution is 5.78. The van der Waals surface area contributed by atoms with Crippen LogP contribution in [0.15, 0.2) is 24.4 Å². The Kier molecular flexibility index (Phi) is 5.50. The smallest absolute Gasteiger partial charge is 0.226 e. The van der Waals surface area contributed by atoms with Gasteiger partial charge in [-0.2, -0.15) is 0 Å². The second-order valence-corrected chi connectivity index (χ2v) is 3.68. The SMILES string of the molecule is CCC(CCO)NC(=O)Cc1ccccn1. The maximum atomic E-state index is 11.6. The van der Waals surface area contributed by atoms with E-state index in [2.05, 4.69) is 10.3 Å². The Morgan fingerprint density at radius 2 is 2.38 bits per heavy atom. The van der Waals surface area contributed by atoms with Crippen molar-refractivity contribution in [1.29, 1.82) is 0 Å². The maximum Gasteiger partial charge on any atom is 0.226 e. The first kappa shape index (κ1) is 12.6. The average molecular weight is 222 g/mol. The molecule has 2 N–H and O–H groups in total. The minimum Gasteiger partial charge on any atom is -0.396 e.